The standard InChI is InChI=1S/C17H24N2O3/c1-21-15-4-2-3-13(9-15)12-19(14-5-6-14)17(20)10-16-11-18-7-8-22-16/h2-4,9,14,16,18H,5-8,10-12H2,1H3. The van der Waals surface area contributed by atoms with Gasteiger partial charge < -0.3 is 19.7 Å². The van der Waals surface area contributed by atoms with Crippen molar-refractivity contribution in [1.82, 2.24) is 10.2 Å². The van der Waals surface area contributed by atoms with Crippen molar-refractivity contribution in [3.8, 4) is 5.75 Å². The Balaban J connectivity index is 1.62. The van der Waals surface area contributed by atoms with E-state index in [1.54, 1.807) is 7.11 Å². The van der Waals surface area contributed by atoms with E-state index in [-0.39, 0.29) is 12.0 Å². The van der Waals surface area contributed by atoms with E-state index in [1.165, 1.54) is 0 Å². The van der Waals surface area contributed by atoms with E-state index in [4.69, 9.17) is 9.47 Å². The van der Waals surface area contributed by atoms with Gasteiger partial charge in [-0.15, -0.1) is 0 Å². The van der Waals surface area contributed by atoms with Gasteiger partial charge in [-0.2, -0.15) is 0 Å². The van der Waals surface area contributed by atoms with E-state index in [2.05, 4.69) is 5.32 Å². The van der Waals surface area contributed by atoms with Crippen LogP contribution in [0.25, 0.3) is 0 Å². The average Bonchev–Trinajstić information content (AvgIpc) is 3.38. The van der Waals surface area contributed by atoms with Crippen LogP contribution in [0, 0.1) is 0 Å². The molecule has 0 aromatic heterocycles. The van der Waals surface area contributed by atoms with Crippen LogP contribution in [0.15, 0.2) is 24.3 Å². The summed E-state index contributed by atoms with van der Waals surface area (Å²) in [7, 11) is 1.66. The second-order valence-electron chi connectivity index (χ2n) is 6.01. The highest BCUT2D eigenvalue weighted by Gasteiger charge is 2.33. The van der Waals surface area contributed by atoms with Gasteiger partial charge >= 0.3 is 0 Å². The number of carbonyl (C=O) groups is 1. The highest BCUT2D eigenvalue weighted by Crippen LogP contribution is 2.30. The van der Waals surface area contributed by atoms with Crippen molar-refractivity contribution in [3.05, 3.63) is 29.8 Å². The molecule has 1 saturated carbocycles. The van der Waals surface area contributed by atoms with E-state index in [0.29, 0.717) is 25.6 Å². The highest BCUT2D eigenvalue weighted by molar-refractivity contribution is 5.77. The van der Waals surface area contributed by atoms with Crippen LogP contribution in [0.3, 0.4) is 0 Å². The molecule has 1 unspecified atom stereocenters. The fraction of sp³-hybridized carbons (Fsp3) is 0.588. The number of benzene rings is 1. The molecule has 1 saturated heterocycles. The minimum atomic E-state index is 0.00723. The van der Waals surface area contributed by atoms with Gasteiger partial charge in [0, 0.05) is 25.7 Å². The number of methoxy groups -OCH3 is 1. The van der Waals surface area contributed by atoms with Gasteiger partial charge in [0.05, 0.1) is 26.2 Å². The van der Waals surface area contributed by atoms with Crippen LogP contribution in [0.2, 0.25) is 0 Å². The number of rotatable bonds is 6. The van der Waals surface area contributed by atoms with E-state index in [0.717, 1.165) is 37.2 Å². The van der Waals surface area contributed by atoms with E-state index >= 15 is 0 Å². The molecule has 1 aliphatic heterocycles. The number of ether oxygens (including phenoxy) is 2. The molecule has 1 atom stereocenters. The molecule has 2 aliphatic rings. The quantitative estimate of drug-likeness (QED) is 0.866. The van der Waals surface area contributed by atoms with Crippen LogP contribution in [-0.4, -0.2) is 49.8 Å². The van der Waals surface area contributed by atoms with Gasteiger partial charge in [-0.25, -0.2) is 0 Å². The Kier molecular flexibility index (Phi) is 4.95. The minimum Gasteiger partial charge on any atom is -0.497 e. The summed E-state index contributed by atoms with van der Waals surface area (Å²) < 4.78 is 10.9. The summed E-state index contributed by atoms with van der Waals surface area (Å²) in [4.78, 5) is 14.6. The lowest BCUT2D eigenvalue weighted by molar-refractivity contribution is -0.136. The molecule has 2 fully saturated rings. The lowest BCUT2D eigenvalue weighted by Gasteiger charge is -2.28. The highest BCUT2D eigenvalue weighted by atomic mass is 16.5. The third-order valence-electron chi connectivity index (χ3n) is 4.20. The number of carbonyl (C=O) groups excluding carboxylic acids is 1. The Hall–Kier alpha value is -1.59. The minimum absolute atomic E-state index is 0.00723. The Labute approximate surface area is 131 Å². The number of hydrogen-bond donors (Lipinski definition) is 1. The van der Waals surface area contributed by atoms with Crippen molar-refractivity contribution in [1.29, 1.82) is 0 Å². The molecule has 0 bridgehead atoms. The maximum absolute atomic E-state index is 12.6. The van der Waals surface area contributed by atoms with Crippen molar-refractivity contribution in [2.75, 3.05) is 26.8 Å². The molecule has 5 nitrogen and oxygen atoms in total. The molecule has 22 heavy (non-hydrogen) atoms. The number of nitrogens with one attached hydrogen (secondary N) is 1. The van der Waals surface area contributed by atoms with Crippen molar-refractivity contribution in [3.63, 3.8) is 0 Å². The second kappa shape index (κ2) is 7.11. The third-order valence-corrected chi connectivity index (χ3v) is 4.20. The molecule has 0 spiro atoms. The first kappa shape index (κ1) is 15.3. The summed E-state index contributed by atoms with van der Waals surface area (Å²) in [5.74, 6) is 1.03. The van der Waals surface area contributed by atoms with Crippen molar-refractivity contribution >= 4 is 5.91 Å². The first-order valence-electron chi connectivity index (χ1n) is 8.01. The molecule has 1 aromatic rings. The second-order valence-corrected chi connectivity index (χ2v) is 6.01. The zero-order valence-electron chi connectivity index (χ0n) is 13.1. The zero-order valence-corrected chi connectivity index (χ0v) is 13.1. The molecular formula is C17H24N2O3. The average molecular weight is 304 g/mol. The van der Waals surface area contributed by atoms with Crippen LogP contribution in [0.4, 0.5) is 0 Å². The van der Waals surface area contributed by atoms with E-state index in [9.17, 15) is 4.79 Å². The zero-order chi connectivity index (χ0) is 15.4. The number of nitrogens with zero attached hydrogens (tertiary/aromatic N) is 1. The fourth-order valence-corrected chi connectivity index (χ4v) is 2.84. The number of morpholine rings is 1. The summed E-state index contributed by atoms with van der Waals surface area (Å²) in [6.07, 6.45) is 2.69. The van der Waals surface area contributed by atoms with Crippen LogP contribution in [0.5, 0.6) is 5.75 Å². The predicted octanol–water partition coefficient (Wildman–Crippen LogP) is 1.56. The predicted molar refractivity (Wildman–Crippen MR) is 83.8 cm³/mol. The van der Waals surface area contributed by atoms with Gasteiger partial charge in [0.2, 0.25) is 5.91 Å². The van der Waals surface area contributed by atoms with Crippen LogP contribution >= 0.6 is 0 Å². The summed E-state index contributed by atoms with van der Waals surface area (Å²) in [6.45, 7) is 2.99. The maximum Gasteiger partial charge on any atom is 0.225 e. The number of amides is 1. The molecule has 5 heteroatoms. The normalized spacial score (nSPS) is 21.4. The molecule has 1 amide bonds. The number of hydrogen-bond acceptors (Lipinski definition) is 4. The van der Waals surface area contributed by atoms with Gasteiger partial charge in [0.25, 0.3) is 0 Å². The molecule has 1 N–H and O–H groups in total. The SMILES string of the molecule is COc1cccc(CN(C(=O)CC2CNCCO2)C2CC2)c1. The lowest BCUT2D eigenvalue weighted by Crippen LogP contribution is -2.42. The van der Waals surface area contributed by atoms with E-state index in [1.807, 2.05) is 29.2 Å². The largest absolute Gasteiger partial charge is 0.497 e. The van der Waals surface area contributed by atoms with Gasteiger partial charge in [-0.3, -0.25) is 4.79 Å². The summed E-state index contributed by atoms with van der Waals surface area (Å²) in [5, 5.41) is 3.28. The van der Waals surface area contributed by atoms with E-state index < -0.39 is 0 Å². The topological polar surface area (TPSA) is 50.8 Å². The first-order chi connectivity index (χ1) is 10.8. The Morgan fingerprint density at radius 3 is 3.00 bits per heavy atom. The van der Waals surface area contributed by atoms with Crippen LogP contribution in [-0.2, 0) is 16.1 Å². The van der Waals surface area contributed by atoms with Gasteiger partial charge in [0.15, 0.2) is 0 Å². The molecule has 3 rings (SSSR count). The van der Waals surface area contributed by atoms with Crippen molar-refractivity contribution < 1.29 is 14.3 Å². The lowest BCUT2D eigenvalue weighted by atomic mass is 10.1. The van der Waals surface area contributed by atoms with Crippen molar-refractivity contribution in [2.24, 2.45) is 0 Å². The summed E-state index contributed by atoms with van der Waals surface area (Å²) in [6, 6.07) is 8.34. The molecular weight excluding hydrogens is 280 g/mol. The smallest absolute Gasteiger partial charge is 0.225 e. The van der Waals surface area contributed by atoms with Gasteiger partial charge in [-0.05, 0) is 30.5 Å². The molecule has 0 radical (unpaired) electrons. The molecule has 1 aliphatic carbocycles. The van der Waals surface area contributed by atoms with Gasteiger partial charge in [0.1, 0.15) is 5.75 Å². The third kappa shape index (κ3) is 3.99. The molecule has 1 heterocycles. The summed E-state index contributed by atoms with van der Waals surface area (Å²) >= 11 is 0. The Bertz CT molecular complexity index is 510. The summed E-state index contributed by atoms with van der Waals surface area (Å²) in [5.41, 5.74) is 1.11. The molecule has 120 valence electrons. The Morgan fingerprint density at radius 2 is 2.32 bits per heavy atom. The fourth-order valence-electron chi connectivity index (χ4n) is 2.84. The van der Waals surface area contributed by atoms with Gasteiger partial charge in [-0.1, -0.05) is 12.1 Å². The van der Waals surface area contributed by atoms with Crippen LogP contribution in [0.1, 0.15) is 24.8 Å². The van der Waals surface area contributed by atoms with Crippen LogP contribution < -0.4 is 10.1 Å². The Morgan fingerprint density at radius 1 is 1.45 bits per heavy atom. The molecule has 1 aromatic carbocycles. The van der Waals surface area contributed by atoms with Crippen molar-refractivity contribution in [2.45, 2.75) is 38.0 Å². The monoisotopic (exact) mass is 304 g/mol. The first-order valence-corrected chi connectivity index (χ1v) is 8.01. The maximum atomic E-state index is 12.6.